The number of aliphatic imine (C=N–C) groups is 1. The highest BCUT2D eigenvalue weighted by Gasteiger charge is 2.15. The smallest absolute Gasteiger partial charge is 0.270 e. The third kappa shape index (κ3) is 3.79. The van der Waals surface area contributed by atoms with Crippen LogP contribution in [0.5, 0.6) is 5.75 Å². The van der Waals surface area contributed by atoms with Crippen LogP contribution in [0.15, 0.2) is 41.4 Å². The lowest BCUT2D eigenvalue weighted by Crippen LogP contribution is -2.29. The van der Waals surface area contributed by atoms with Gasteiger partial charge in [0.25, 0.3) is 5.69 Å². The van der Waals surface area contributed by atoms with E-state index in [0.29, 0.717) is 11.1 Å². The molecule has 130 valence electrons. The summed E-state index contributed by atoms with van der Waals surface area (Å²) in [5, 5.41) is 21.2. The summed E-state index contributed by atoms with van der Waals surface area (Å²) in [6.45, 7) is 3.66. The number of anilines is 1. The summed E-state index contributed by atoms with van der Waals surface area (Å²) in [5.41, 5.74) is 2.61. The number of nitro benzene ring substituents is 1. The lowest BCUT2D eigenvalue weighted by molar-refractivity contribution is -0.384. The van der Waals surface area contributed by atoms with Gasteiger partial charge in [0, 0.05) is 37.0 Å². The van der Waals surface area contributed by atoms with E-state index in [9.17, 15) is 15.2 Å². The fraction of sp³-hybridized carbons (Fsp3) is 0.316. The fourth-order valence-electron chi connectivity index (χ4n) is 3.11. The van der Waals surface area contributed by atoms with Gasteiger partial charge in [-0.1, -0.05) is 12.1 Å². The van der Waals surface area contributed by atoms with Crippen molar-refractivity contribution in [2.24, 2.45) is 4.99 Å². The second-order valence-corrected chi connectivity index (χ2v) is 6.25. The van der Waals surface area contributed by atoms with Crippen molar-refractivity contribution in [3.63, 3.8) is 0 Å². The van der Waals surface area contributed by atoms with Crippen molar-refractivity contribution in [3.8, 4) is 5.75 Å². The van der Waals surface area contributed by atoms with Crippen molar-refractivity contribution in [1.29, 1.82) is 0 Å². The van der Waals surface area contributed by atoms with E-state index in [1.165, 1.54) is 37.6 Å². The number of hydrogen-bond donors (Lipinski definition) is 1. The number of phenolic OH excluding ortho intramolecular Hbond substituents is 1. The maximum absolute atomic E-state index is 11.0. The summed E-state index contributed by atoms with van der Waals surface area (Å²) in [7, 11) is 0. The average Bonchev–Trinajstić information content (AvgIpc) is 2.63. The van der Waals surface area contributed by atoms with Crippen molar-refractivity contribution in [3.05, 3.63) is 57.6 Å². The number of piperidine rings is 1. The van der Waals surface area contributed by atoms with Crippen LogP contribution in [0.4, 0.5) is 17.1 Å². The predicted molar refractivity (Wildman–Crippen MR) is 99.3 cm³/mol. The Bertz CT molecular complexity index is 812. The Kier molecular flexibility index (Phi) is 4.97. The second-order valence-electron chi connectivity index (χ2n) is 6.25. The van der Waals surface area contributed by atoms with E-state index in [2.05, 4.69) is 9.89 Å². The molecule has 0 amide bonds. The van der Waals surface area contributed by atoms with E-state index >= 15 is 0 Å². The van der Waals surface area contributed by atoms with Crippen LogP contribution >= 0.6 is 0 Å². The van der Waals surface area contributed by atoms with Gasteiger partial charge in [-0.25, -0.2) is 0 Å². The molecular formula is C19H21N3O3. The number of nitrogens with zero attached hydrogens (tertiary/aromatic N) is 3. The number of benzene rings is 2. The lowest BCUT2D eigenvalue weighted by atomic mass is 10.1. The van der Waals surface area contributed by atoms with Gasteiger partial charge in [-0.15, -0.1) is 0 Å². The molecule has 1 aliphatic heterocycles. The monoisotopic (exact) mass is 339 g/mol. The minimum atomic E-state index is -0.467. The molecule has 6 heteroatoms. The van der Waals surface area contributed by atoms with Crippen molar-refractivity contribution >= 4 is 23.3 Å². The zero-order valence-corrected chi connectivity index (χ0v) is 14.2. The highest BCUT2D eigenvalue weighted by molar-refractivity contribution is 5.88. The Hall–Kier alpha value is -2.89. The van der Waals surface area contributed by atoms with Crippen molar-refractivity contribution in [2.45, 2.75) is 26.2 Å². The first-order valence-electron chi connectivity index (χ1n) is 8.42. The number of phenols is 1. The SMILES string of the molecule is Cc1cc([N+](=O)[O-])cc(C=Nc2ccccc2N2CCCCC2)c1O. The Morgan fingerprint density at radius 1 is 1.20 bits per heavy atom. The van der Waals surface area contributed by atoms with E-state index in [1.807, 2.05) is 24.3 Å². The van der Waals surface area contributed by atoms with Crippen molar-refractivity contribution in [1.82, 2.24) is 0 Å². The molecule has 0 radical (unpaired) electrons. The Morgan fingerprint density at radius 2 is 1.92 bits per heavy atom. The van der Waals surface area contributed by atoms with Gasteiger partial charge < -0.3 is 10.0 Å². The van der Waals surface area contributed by atoms with Gasteiger partial charge in [0.2, 0.25) is 0 Å². The van der Waals surface area contributed by atoms with Gasteiger partial charge in [-0.3, -0.25) is 15.1 Å². The van der Waals surface area contributed by atoms with Gasteiger partial charge in [0.05, 0.1) is 16.3 Å². The van der Waals surface area contributed by atoms with Gasteiger partial charge in [-0.2, -0.15) is 0 Å². The number of aryl methyl sites for hydroxylation is 1. The normalized spacial score (nSPS) is 14.8. The average molecular weight is 339 g/mol. The number of non-ortho nitro benzene ring substituents is 1. The number of aromatic hydroxyl groups is 1. The summed E-state index contributed by atoms with van der Waals surface area (Å²) in [6, 6.07) is 10.6. The molecule has 1 heterocycles. The molecule has 0 spiro atoms. The Labute approximate surface area is 146 Å². The van der Waals surface area contributed by atoms with Crippen LogP contribution in [0.2, 0.25) is 0 Å². The standard InChI is InChI=1S/C19H21N3O3/c1-14-11-16(22(24)25)12-15(19(14)23)13-20-17-7-3-4-8-18(17)21-9-5-2-6-10-21/h3-4,7-8,11-13,23H,2,5-6,9-10H2,1H3. The first kappa shape index (κ1) is 17.0. The molecule has 0 atom stereocenters. The molecule has 1 fully saturated rings. The molecule has 2 aromatic rings. The highest BCUT2D eigenvalue weighted by atomic mass is 16.6. The first-order valence-corrected chi connectivity index (χ1v) is 8.42. The first-order chi connectivity index (χ1) is 12.1. The van der Waals surface area contributed by atoms with Crippen LogP contribution < -0.4 is 4.90 Å². The fourth-order valence-corrected chi connectivity index (χ4v) is 3.11. The molecule has 25 heavy (non-hydrogen) atoms. The second kappa shape index (κ2) is 7.34. The van der Waals surface area contributed by atoms with Crippen LogP contribution in [-0.4, -0.2) is 29.3 Å². The molecule has 1 N–H and O–H groups in total. The number of para-hydroxylation sites is 2. The summed E-state index contributed by atoms with van der Waals surface area (Å²) < 4.78 is 0. The Balaban J connectivity index is 1.94. The molecule has 0 aromatic heterocycles. The molecular weight excluding hydrogens is 318 g/mol. The summed E-state index contributed by atoms with van der Waals surface area (Å²) in [6.07, 6.45) is 5.09. The van der Waals surface area contributed by atoms with Crippen LogP contribution in [0.1, 0.15) is 30.4 Å². The molecule has 1 saturated heterocycles. The number of nitro groups is 1. The van der Waals surface area contributed by atoms with E-state index in [0.717, 1.165) is 24.5 Å². The third-order valence-electron chi connectivity index (χ3n) is 4.45. The third-order valence-corrected chi connectivity index (χ3v) is 4.45. The molecule has 0 aliphatic carbocycles. The Morgan fingerprint density at radius 3 is 2.64 bits per heavy atom. The topological polar surface area (TPSA) is 79.0 Å². The molecule has 0 saturated carbocycles. The zero-order chi connectivity index (χ0) is 17.8. The maximum atomic E-state index is 11.0. The van der Waals surface area contributed by atoms with Gasteiger partial charge in [0.1, 0.15) is 5.75 Å². The lowest BCUT2D eigenvalue weighted by Gasteiger charge is -2.29. The van der Waals surface area contributed by atoms with Gasteiger partial charge >= 0.3 is 0 Å². The van der Waals surface area contributed by atoms with Crippen LogP contribution in [0.25, 0.3) is 0 Å². The molecule has 0 bridgehead atoms. The molecule has 6 nitrogen and oxygen atoms in total. The zero-order valence-electron chi connectivity index (χ0n) is 14.2. The summed E-state index contributed by atoms with van der Waals surface area (Å²) >= 11 is 0. The summed E-state index contributed by atoms with van der Waals surface area (Å²) in [5.74, 6) is 0.0183. The van der Waals surface area contributed by atoms with E-state index < -0.39 is 4.92 Å². The van der Waals surface area contributed by atoms with Crippen LogP contribution in [0, 0.1) is 17.0 Å². The van der Waals surface area contributed by atoms with E-state index in [-0.39, 0.29) is 11.4 Å². The minimum absolute atomic E-state index is 0.0183. The number of hydrogen-bond acceptors (Lipinski definition) is 5. The highest BCUT2D eigenvalue weighted by Crippen LogP contribution is 2.32. The summed E-state index contributed by atoms with van der Waals surface area (Å²) in [4.78, 5) is 17.4. The minimum Gasteiger partial charge on any atom is -0.507 e. The molecule has 2 aromatic carbocycles. The van der Waals surface area contributed by atoms with Crippen molar-refractivity contribution < 1.29 is 10.0 Å². The quantitative estimate of drug-likeness (QED) is 0.510. The van der Waals surface area contributed by atoms with E-state index in [1.54, 1.807) is 6.92 Å². The van der Waals surface area contributed by atoms with Crippen LogP contribution in [0.3, 0.4) is 0 Å². The van der Waals surface area contributed by atoms with Gasteiger partial charge in [0.15, 0.2) is 0 Å². The molecule has 0 unspecified atom stereocenters. The predicted octanol–water partition coefficient (Wildman–Crippen LogP) is 4.35. The molecule has 3 rings (SSSR count). The van der Waals surface area contributed by atoms with Gasteiger partial charge in [-0.05, 0) is 43.9 Å². The van der Waals surface area contributed by atoms with Crippen molar-refractivity contribution in [2.75, 3.05) is 18.0 Å². The maximum Gasteiger partial charge on any atom is 0.270 e. The van der Waals surface area contributed by atoms with E-state index in [4.69, 9.17) is 0 Å². The van der Waals surface area contributed by atoms with Crippen LogP contribution in [-0.2, 0) is 0 Å². The molecule has 1 aliphatic rings. The number of rotatable bonds is 4. The largest absolute Gasteiger partial charge is 0.507 e.